The molecule has 0 unspecified atom stereocenters. The third-order valence-corrected chi connectivity index (χ3v) is 2.87. The highest BCUT2D eigenvalue weighted by molar-refractivity contribution is 5.22. The quantitative estimate of drug-likeness (QED) is 0.659. The van der Waals surface area contributed by atoms with Crippen molar-refractivity contribution in [2.24, 2.45) is 0 Å². The molecule has 1 heterocycles. The van der Waals surface area contributed by atoms with Crippen molar-refractivity contribution in [3.05, 3.63) is 42.7 Å². The number of piperidine rings is 1. The van der Waals surface area contributed by atoms with Crippen LogP contribution in [0.25, 0.3) is 0 Å². The van der Waals surface area contributed by atoms with Gasteiger partial charge in [-0.3, -0.25) is 4.90 Å². The SMILES string of the molecule is [CH]N1CCC(c2ccccc2F)CC1. The summed E-state index contributed by atoms with van der Waals surface area (Å²) in [5, 5.41) is 0. The molecule has 0 atom stereocenters. The monoisotopic (exact) mass is 191 g/mol. The molecular weight excluding hydrogens is 177 g/mol. The summed E-state index contributed by atoms with van der Waals surface area (Å²) in [7, 11) is 5.65. The van der Waals surface area contributed by atoms with E-state index >= 15 is 0 Å². The molecule has 2 rings (SSSR count). The van der Waals surface area contributed by atoms with Crippen molar-refractivity contribution < 1.29 is 4.39 Å². The zero-order valence-corrected chi connectivity index (χ0v) is 8.12. The molecule has 0 bridgehead atoms. The van der Waals surface area contributed by atoms with Gasteiger partial charge in [-0.05, 0) is 43.5 Å². The minimum Gasteiger partial charge on any atom is -0.297 e. The molecule has 1 nitrogen and oxygen atoms in total. The molecule has 14 heavy (non-hydrogen) atoms. The van der Waals surface area contributed by atoms with Gasteiger partial charge in [0.15, 0.2) is 0 Å². The van der Waals surface area contributed by atoms with Gasteiger partial charge < -0.3 is 0 Å². The summed E-state index contributed by atoms with van der Waals surface area (Å²) in [5.74, 6) is 0.263. The fraction of sp³-hybridized carbons (Fsp3) is 0.417. The maximum Gasteiger partial charge on any atom is 0.126 e. The summed E-state index contributed by atoms with van der Waals surface area (Å²) in [6.07, 6.45) is 1.91. The highest BCUT2D eigenvalue weighted by Crippen LogP contribution is 2.29. The molecule has 1 aromatic carbocycles. The van der Waals surface area contributed by atoms with Crippen LogP contribution < -0.4 is 0 Å². The number of hydrogen-bond acceptors (Lipinski definition) is 1. The van der Waals surface area contributed by atoms with E-state index in [0.29, 0.717) is 5.92 Å². The third-order valence-electron chi connectivity index (χ3n) is 2.87. The van der Waals surface area contributed by atoms with Gasteiger partial charge in [0.25, 0.3) is 0 Å². The topological polar surface area (TPSA) is 3.24 Å². The maximum atomic E-state index is 13.4. The number of rotatable bonds is 1. The lowest BCUT2D eigenvalue weighted by Crippen LogP contribution is -2.27. The van der Waals surface area contributed by atoms with E-state index in [1.54, 1.807) is 11.0 Å². The zero-order chi connectivity index (χ0) is 9.97. The van der Waals surface area contributed by atoms with E-state index < -0.39 is 0 Å². The second-order valence-corrected chi connectivity index (χ2v) is 3.83. The highest BCUT2D eigenvalue weighted by Gasteiger charge is 2.20. The van der Waals surface area contributed by atoms with Gasteiger partial charge in [0.2, 0.25) is 0 Å². The van der Waals surface area contributed by atoms with E-state index in [0.717, 1.165) is 31.5 Å². The number of likely N-dealkylation sites (tertiary alicyclic amines) is 1. The van der Waals surface area contributed by atoms with Crippen molar-refractivity contribution in [3.8, 4) is 0 Å². The van der Waals surface area contributed by atoms with E-state index in [4.69, 9.17) is 7.05 Å². The molecule has 0 aliphatic carbocycles. The Morgan fingerprint density at radius 2 is 1.86 bits per heavy atom. The molecule has 0 saturated carbocycles. The van der Waals surface area contributed by atoms with Crippen LogP contribution in [-0.4, -0.2) is 18.0 Å². The predicted octanol–water partition coefficient (Wildman–Crippen LogP) is 2.67. The summed E-state index contributed by atoms with van der Waals surface area (Å²) in [6.45, 7) is 1.72. The third kappa shape index (κ3) is 1.95. The van der Waals surface area contributed by atoms with E-state index in [1.807, 2.05) is 12.1 Å². The fourth-order valence-electron chi connectivity index (χ4n) is 2.02. The van der Waals surface area contributed by atoms with Crippen molar-refractivity contribution in [2.75, 3.05) is 13.1 Å². The van der Waals surface area contributed by atoms with Crippen molar-refractivity contribution in [3.63, 3.8) is 0 Å². The van der Waals surface area contributed by atoms with Crippen molar-refractivity contribution in [1.29, 1.82) is 0 Å². The van der Waals surface area contributed by atoms with Gasteiger partial charge in [0, 0.05) is 7.05 Å². The van der Waals surface area contributed by atoms with Gasteiger partial charge in [0.1, 0.15) is 5.82 Å². The number of benzene rings is 1. The average molecular weight is 191 g/mol. The van der Waals surface area contributed by atoms with Crippen molar-refractivity contribution in [1.82, 2.24) is 4.90 Å². The van der Waals surface area contributed by atoms with Crippen molar-refractivity contribution >= 4 is 0 Å². The van der Waals surface area contributed by atoms with Gasteiger partial charge in [-0.1, -0.05) is 18.2 Å². The molecule has 1 fully saturated rings. The van der Waals surface area contributed by atoms with Crippen LogP contribution in [0, 0.1) is 12.9 Å². The highest BCUT2D eigenvalue weighted by atomic mass is 19.1. The van der Waals surface area contributed by atoms with Crippen molar-refractivity contribution in [2.45, 2.75) is 18.8 Å². The molecule has 74 valence electrons. The van der Waals surface area contributed by atoms with E-state index in [2.05, 4.69) is 0 Å². The number of nitrogens with zero attached hydrogens (tertiary/aromatic N) is 1. The lowest BCUT2D eigenvalue weighted by molar-refractivity contribution is 0.277. The van der Waals surface area contributed by atoms with Crippen LogP contribution >= 0.6 is 0 Å². The minimum absolute atomic E-state index is 0.0806. The molecule has 1 saturated heterocycles. The summed E-state index contributed by atoms with van der Waals surface area (Å²) < 4.78 is 13.4. The second-order valence-electron chi connectivity index (χ2n) is 3.83. The molecule has 0 N–H and O–H groups in total. The average Bonchev–Trinajstić information content (AvgIpc) is 2.20. The van der Waals surface area contributed by atoms with Crippen LogP contribution in [-0.2, 0) is 0 Å². The Hall–Kier alpha value is -0.890. The van der Waals surface area contributed by atoms with Crippen LogP contribution in [0.4, 0.5) is 4.39 Å². The zero-order valence-electron chi connectivity index (χ0n) is 8.12. The maximum absolute atomic E-state index is 13.4. The summed E-state index contributed by atoms with van der Waals surface area (Å²) in [6, 6.07) is 7.04. The van der Waals surface area contributed by atoms with Crippen LogP contribution in [0.15, 0.2) is 24.3 Å². The second kappa shape index (κ2) is 4.09. The van der Waals surface area contributed by atoms with E-state index in [-0.39, 0.29) is 5.82 Å². The van der Waals surface area contributed by atoms with E-state index in [1.165, 1.54) is 6.07 Å². The first kappa shape index (κ1) is 9.66. The van der Waals surface area contributed by atoms with Crippen LogP contribution in [0.2, 0.25) is 0 Å². The molecule has 0 aromatic heterocycles. The minimum atomic E-state index is -0.0806. The van der Waals surface area contributed by atoms with Crippen LogP contribution in [0.3, 0.4) is 0 Å². The van der Waals surface area contributed by atoms with Gasteiger partial charge in [-0.2, -0.15) is 0 Å². The molecular formula is C12H14FN. The number of halogens is 1. The summed E-state index contributed by atoms with van der Waals surface area (Å²) >= 11 is 0. The standard InChI is InChI=1S/C12H14FN/c1-14-8-6-10(7-9-14)11-4-2-3-5-12(11)13/h1-5,10H,6-9H2. The summed E-state index contributed by atoms with van der Waals surface area (Å²) in [5.41, 5.74) is 0.848. The summed E-state index contributed by atoms with van der Waals surface area (Å²) in [4.78, 5) is 1.80. The Labute approximate surface area is 84.5 Å². The Kier molecular flexibility index (Phi) is 2.82. The number of hydrogen-bond donors (Lipinski definition) is 0. The molecule has 0 spiro atoms. The first-order chi connectivity index (χ1) is 6.77. The fourth-order valence-corrected chi connectivity index (χ4v) is 2.02. The van der Waals surface area contributed by atoms with Gasteiger partial charge in [-0.15, -0.1) is 0 Å². The Bertz CT molecular complexity index is 303. The Morgan fingerprint density at radius 3 is 2.50 bits per heavy atom. The van der Waals surface area contributed by atoms with Gasteiger partial charge >= 0.3 is 0 Å². The van der Waals surface area contributed by atoms with Crippen LogP contribution in [0.5, 0.6) is 0 Å². The molecule has 2 heteroatoms. The van der Waals surface area contributed by atoms with Gasteiger partial charge in [0.05, 0.1) is 0 Å². The molecule has 1 aromatic rings. The lowest BCUT2D eigenvalue weighted by Gasteiger charge is -2.28. The lowest BCUT2D eigenvalue weighted by atomic mass is 9.89. The normalized spacial score (nSPS) is 19.9. The predicted molar refractivity (Wildman–Crippen MR) is 54.2 cm³/mol. The first-order valence-electron chi connectivity index (χ1n) is 5.01. The molecule has 0 amide bonds. The Balaban J connectivity index is 2.12. The van der Waals surface area contributed by atoms with E-state index in [9.17, 15) is 4.39 Å². The Morgan fingerprint density at radius 1 is 1.21 bits per heavy atom. The molecule has 1 aliphatic heterocycles. The largest absolute Gasteiger partial charge is 0.297 e. The van der Waals surface area contributed by atoms with Gasteiger partial charge in [-0.25, -0.2) is 4.39 Å². The smallest absolute Gasteiger partial charge is 0.126 e. The molecule has 2 radical (unpaired) electrons. The first-order valence-corrected chi connectivity index (χ1v) is 5.01. The molecule has 1 aliphatic rings. The van der Waals surface area contributed by atoms with Crippen LogP contribution in [0.1, 0.15) is 24.3 Å².